The smallest absolute Gasteiger partial charge is 0.122 e. The Balaban J connectivity index is 1.82. The summed E-state index contributed by atoms with van der Waals surface area (Å²) in [6.45, 7) is 4.70. The minimum absolute atomic E-state index is 0.399. The fraction of sp³-hybridized carbons (Fsp3) is 0.438. The Morgan fingerprint density at radius 1 is 1.30 bits per heavy atom. The summed E-state index contributed by atoms with van der Waals surface area (Å²) in [7, 11) is 2.06. The van der Waals surface area contributed by atoms with Gasteiger partial charge >= 0.3 is 0 Å². The number of imidazole rings is 1. The summed E-state index contributed by atoms with van der Waals surface area (Å²) < 4.78 is 2.14. The van der Waals surface area contributed by atoms with Crippen molar-refractivity contribution in [2.75, 3.05) is 13.6 Å². The Morgan fingerprint density at radius 3 is 2.75 bits per heavy atom. The second-order valence-electron chi connectivity index (χ2n) is 5.08. The van der Waals surface area contributed by atoms with Gasteiger partial charge in [0.15, 0.2) is 0 Å². The Labute approximate surface area is 120 Å². The van der Waals surface area contributed by atoms with Crippen LogP contribution in [0.3, 0.4) is 0 Å². The lowest BCUT2D eigenvalue weighted by molar-refractivity contribution is 0.146. The van der Waals surface area contributed by atoms with Crippen molar-refractivity contribution >= 4 is 0 Å². The molecule has 1 N–H and O–H groups in total. The molecule has 2 rings (SSSR count). The predicted molar refractivity (Wildman–Crippen MR) is 80.3 cm³/mol. The van der Waals surface area contributed by atoms with Gasteiger partial charge < -0.3 is 9.67 Å². The third kappa shape index (κ3) is 3.92. The van der Waals surface area contributed by atoms with Crippen molar-refractivity contribution in [2.45, 2.75) is 32.5 Å². The zero-order chi connectivity index (χ0) is 14.4. The second kappa shape index (κ2) is 7.22. The van der Waals surface area contributed by atoms with Gasteiger partial charge in [-0.3, -0.25) is 4.90 Å². The quantitative estimate of drug-likeness (QED) is 0.842. The molecule has 0 amide bonds. The first kappa shape index (κ1) is 14.8. The van der Waals surface area contributed by atoms with Gasteiger partial charge in [-0.05, 0) is 26.0 Å². The van der Waals surface area contributed by atoms with E-state index in [4.69, 9.17) is 0 Å². The van der Waals surface area contributed by atoms with Gasteiger partial charge in [-0.1, -0.05) is 30.3 Å². The minimum atomic E-state index is -0.399. The highest BCUT2D eigenvalue weighted by molar-refractivity contribution is 5.17. The van der Waals surface area contributed by atoms with Crippen LogP contribution in [0.2, 0.25) is 0 Å². The molecule has 1 atom stereocenters. The summed E-state index contributed by atoms with van der Waals surface area (Å²) in [5.74, 6) is 1.07. The molecule has 0 saturated carbocycles. The highest BCUT2D eigenvalue weighted by atomic mass is 16.3. The third-order valence-corrected chi connectivity index (χ3v) is 3.52. The van der Waals surface area contributed by atoms with E-state index >= 15 is 0 Å². The van der Waals surface area contributed by atoms with Crippen molar-refractivity contribution in [1.82, 2.24) is 14.5 Å². The maximum atomic E-state index is 10.1. The van der Waals surface area contributed by atoms with Crippen molar-refractivity contribution < 1.29 is 5.11 Å². The molecule has 1 heterocycles. The molecule has 1 aromatic carbocycles. The fourth-order valence-electron chi connectivity index (χ4n) is 2.28. The van der Waals surface area contributed by atoms with E-state index in [0.29, 0.717) is 0 Å². The first-order chi connectivity index (χ1) is 9.70. The number of aromatic nitrogens is 2. The van der Waals surface area contributed by atoms with Gasteiger partial charge in [-0.2, -0.15) is 0 Å². The van der Waals surface area contributed by atoms with Gasteiger partial charge in [0.05, 0.1) is 12.6 Å². The summed E-state index contributed by atoms with van der Waals surface area (Å²) in [6, 6.07) is 9.82. The van der Waals surface area contributed by atoms with E-state index in [9.17, 15) is 5.11 Å². The zero-order valence-electron chi connectivity index (χ0n) is 12.2. The lowest BCUT2D eigenvalue weighted by Gasteiger charge is -2.19. The zero-order valence-corrected chi connectivity index (χ0v) is 12.2. The van der Waals surface area contributed by atoms with Gasteiger partial charge in [0.1, 0.15) is 5.82 Å². The SMILES string of the molecule is CCn1ccnc1CN(C)CCC(O)c1ccccc1. The summed E-state index contributed by atoms with van der Waals surface area (Å²) in [5.41, 5.74) is 0.982. The Kier molecular flexibility index (Phi) is 5.32. The molecule has 0 radical (unpaired) electrons. The molecule has 4 nitrogen and oxygen atoms in total. The molecular formula is C16H23N3O. The molecule has 0 aliphatic carbocycles. The van der Waals surface area contributed by atoms with Gasteiger partial charge in [-0.15, -0.1) is 0 Å². The monoisotopic (exact) mass is 273 g/mol. The minimum Gasteiger partial charge on any atom is -0.388 e. The van der Waals surface area contributed by atoms with Crippen LogP contribution >= 0.6 is 0 Å². The molecule has 0 spiro atoms. The van der Waals surface area contributed by atoms with Gasteiger partial charge in [-0.25, -0.2) is 4.98 Å². The third-order valence-electron chi connectivity index (χ3n) is 3.52. The fourth-order valence-corrected chi connectivity index (χ4v) is 2.28. The molecule has 0 saturated heterocycles. The number of aryl methyl sites for hydroxylation is 1. The first-order valence-electron chi connectivity index (χ1n) is 7.12. The summed E-state index contributed by atoms with van der Waals surface area (Å²) in [6.07, 6.45) is 4.17. The summed E-state index contributed by atoms with van der Waals surface area (Å²) >= 11 is 0. The van der Waals surface area contributed by atoms with Crippen LogP contribution in [0.1, 0.15) is 30.8 Å². The van der Waals surface area contributed by atoms with Gasteiger partial charge in [0, 0.05) is 25.5 Å². The number of benzene rings is 1. The number of hydrogen-bond donors (Lipinski definition) is 1. The topological polar surface area (TPSA) is 41.3 Å². The summed E-state index contributed by atoms with van der Waals surface area (Å²) in [5, 5.41) is 10.1. The van der Waals surface area contributed by atoms with Crippen molar-refractivity contribution in [1.29, 1.82) is 0 Å². The Morgan fingerprint density at radius 2 is 2.05 bits per heavy atom. The molecule has 20 heavy (non-hydrogen) atoms. The maximum absolute atomic E-state index is 10.1. The van der Waals surface area contributed by atoms with E-state index in [1.165, 1.54) is 0 Å². The molecule has 1 aromatic heterocycles. The number of nitrogens with zero attached hydrogens (tertiary/aromatic N) is 3. The molecule has 108 valence electrons. The number of aliphatic hydroxyl groups is 1. The van der Waals surface area contributed by atoms with E-state index in [1.807, 2.05) is 42.7 Å². The van der Waals surface area contributed by atoms with Crippen molar-refractivity contribution in [2.24, 2.45) is 0 Å². The van der Waals surface area contributed by atoms with Crippen LogP contribution in [0.15, 0.2) is 42.7 Å². The Bertz CT molecular complexity index is 509. The number of rotatable bonds is 7. The lowest BCUT2D eigenvalue weighted by atomic mass is 10.1. The van der Waals surface area contributed by atoms with E-state index < -0.39 is 6.10 Å². The molecular weight excluding hydrogens is 250 g/mol. The lowest BCUT2D eigenvalue weighted by Crippen LogP contribution is -2.23. The van der Waals surface area contributed by atoms with Crippen molar-refractivity contribution in [3.8, 4) is 0 Å². The second-order valence-corrected chi connectivity index (χ2v) is 5.08. The van der Waals surface area contributed by atoms with E-state index in [2.05, 4.69) is 28.4 Å². The highest BCUT2D eigenvalue weighted by Gasteiger charge is 2.10. The normalized spacial score (nSPS) is 12.8. The highest BCUT2D eigenvalue weighted by Crippen LogP contribution is 2.16. The first-order valence-corrected chi connectivity index (χ1v) is 7.12. The van der Waals surface area contributed by atoms with Crippen LogP contribution in [-0.4, -0.2) is 33.1 Å². The maximum Gasteiger partial charge on any atom is 0.122 e. The van der Waals surface area contributed by atoms with Gasteiger partial charge in [0.25, 0.3) is 0 Å². The molecule has 0 aliphatic heterocycles. The molecule has 2 aromatic rings. The average molecular weight is 273 g/mol. The van der Waals surface area contributed by atoms with Crippen LogP contribution < -0.4 is 0 Å². The number of hydrogen-bond acceptors (Lipinski definition) is 3. The van der Waals surface area contributed by atoms with Crippen LogP contribution in [0, 0.1) is 0 Å². The number of aliphatic hydroxyl groups excluding tert-OH is 1. The van der Waals surface area contributed by atoms with Crippen LogP contribution in [-0.2, 0) is 13.1 Å². The molecule has 0 aliphatic rings. The van der Waals surface area contributed by atoms with E-state index in [1.54, 1.807) is 0 Å². The van der Waals surface area contributed by atoms with Crippen LogP contribution in [0.4, 0.5) is 0 Å². The largest absolute Gasteiger partial charge is 0.388 e. The van der Waals surface area contributed by atoms with E-state index in [-0.39, 0.29) is 0 Å². The average Bonchev–Trinajstić information content (AvgIpc) is 2.92. The standard InChI is InChI=1S/C16H23N3O/c1-3-19-12-10-17-16(19)13-18(2)11-9-15(20)14-7-5-4-6-8-14/h4-8,10,12,15,20H,3,9,11,13H2,1-2H3. The van der Waals surface area contributed by atoms with Crippen molar-refractivity contribution in [3.63, 3.8) is 0 Å². The van der Waals surface area contributed by atoms with Gasteiger partial charge in [0.2, 0.25) is 0 Å². The summed E-state index contributed by atoms with van der Waals surface area (Å²) in [4.78, 5) is 6.57. The van der Waals surface area contributed by atoms with Crippen molar-refractivity contribution in [3.05, 3.63) is 54.1 Å². The van der Waals surface area contributed by atoms with Crippen LogP contribution in [0.5, 0.6) is 0 Å². The molecule has 0 bridgehead atoms. The predicted octanol–water partition coefficient (Wildman–Crippen LogP) is 2.46. The molecule has 4 heteroatoms. The van der Waals surface area contributed by atoms with E-state index in [0.717, 1.165) is 37.4 Å². The molecule has 1 unspecified atom stereocenters. The van der Waals surface area contributed by atoms with Crippen LogP contribution in [0.25, 0.3) is 0 Å². The molecule has 0 fully saturated rings. The Hall–Kier alpha value is -1.65.